The Labute approximate surface area is 116 Å². The molecule has 18 heavy (non-hydrogen) atoms. The molecule has 0 bridgehead atoms. The zero-order valence-electron chi connectivity index (χ0n) is 10.4. The lowest BCUT2D eigenvalue weighted by molar-refractivity contribution is -0.117. The van der Waals surface area contributed by atoms with Crippen molar-refractivity contribution in [3.05, 3.63) is 39.9 Å². The molecule has 0 aromatic heterocycles. The summed E-state index contributed by atoms with van der Waals surface area (Å²) < 4.78 is 0.960. The van der Waals surface area contributed by atoms with E-state index in [1.165, 1.54) is 0 Å². The monoisotopic (exact) mass is 306 g/mol. The fourth-order valence-electron chi connectivity index (χ4n) is 1.28. The number of carbonyl (C=O) groups excluding carboxylic acids is 1. The summed E-state index contributed by atoms with van der Waals surface area (Å²) in [5.74, 6) is -0.324. The van der Waals surface area contributed by atoms with Crippen LogP contribution < -0.4 is 5.32 Å². The number of benzene rings is 1. The maximum absolute atomic E-state index is 11.8. The second-order valence-corrected chi connectivity index (χ2v) is 4.92. The van der Waals surface area contributed by atoms with Crippen molar-refractivity contribution < 1.29 is 4.79 Å². The van der Waals surface area contributed by atoms with Crippen molar-refractivity contribution in [2.75, 3.05) is 0 Å². The van der Waals surface area contributed by atoms with E-state index in [0.29, 0.717) is 0 Å². The van der Waals surface area contributed by atoms with E-state index < -0.39 is 0 Å². The molecule has 3 nitrogen and oxygen atoms in total. The summed E-state index contributed by atoms with van der Waals surface area (Å²) in [7, 11) is 0. The number of carbonyl (C=O) groups is 1. The topological polar surface area (TPSA) is 52.9 Å². The highest BCUT2D eigenvalue weighted by molar-refractivity contribution is 9.10. The number of hydrogen-bond acceptors (Lipinski definition) is 2. The summed E-state index contributed by atoms with van der Waals surface area (Å²) >= 11 is 3.33. The lowest BCUT2D eigenvalue weighted by Crippen LogP contribution is -2.32. The van der Waals surface area contributed by atoms with Gasteiger partial charge in [0.2, 0.25) is 0 Å². The molecule has 1 aromatic rings. The van der Waals surface area contributed by atoms with Crippen molar-refractivity contribution in [2.24, 2.45) is 0 Å². The van der Waals surface area contributed by atoms with E-state index in [2.05, 4.69) is 21.2 Å². The normalized spacial score (nSPS) is 12.7. The minimum Gasteiger partial charge on any atom is -0.349 e. The summed E-state index contributed by atoms with van der Waals surface area (Å²) in [5, 5.41) is 11.8. The van der Waals surface area contributed by atoms with Crippen LogP contribution in [0.1, 0.15) is 25.8 Å². The van der Waals surface area contributed by atoms with Crippen molar-refractivity contribution in [1.82, 2.24) is 5.32 Å². The maximum Gasteiger partial charge on any atom is 0.262 e. The summed E-state index contributed by atoms with van der Waals surface area (Å²) in [6.45, 7) is 3.89. The Hall–Kier alpha value is -1.60. The summed E-state index contributed by atoms with van der Waals surface area (Å²) in [5.41, 5.74) is 0.951. The highest BCUT2D eigenvalue weighted by Gasteiger charge is 2.11. The molecule has 94 valence electrons. The van der Waals surface area contributed by atoms with Gasteiger partial charge in [-0.2, -0.15) is 5.26 Å². The van der Waals surface area contributed by atoms with Crippen LogP contribution in [0.25, 0.3) is 6.08 Å². The lowest BCUT2D eigenvalue weighted by atomic mass is 10.1. The minimum atomic E-state index is -0.324. The first-order valence-corrected chi connectivity index (χ1v) is 6.54. The molecule has 0 aliphatic rings. The van der Waals surface area contributed by atoms with Crippen LogP contribution in [0.2, 0.25) is 0 Å². The van der Waals surface area contributed by atoms with Crippen LogP contribution in [-0.2, 0) is 4.79 Å². The van der Waals surface area contributed by atoms with Crippen molar-refractivity contribution in [1.29, 1.82) is 5.26 Å². The molecule has 1 rings (SSSR count). The molecule has 0 heterocycles. The van der Waals surface area contributed by atoms with Gasteiger partial charge in [-0.15, -0.1) is 0 Å². The molecule has 4 heteroatoms. The Morgan fingerprint density at radius 2 is 2.11 bits per heavy atom. The first kappa shape index (κ1) is 14.5. The Kier molecular flexibility index (Phi) is 5.60. The van der Waals surface area contributed by atoms with Crippen molar-refractivity contribution in [3.63, 3.8) is 0 Å². The van der Waals surface area contributed by atoms with E-state index in [4.69, 9.17) is 5.26 Å². The average molecular weight is 307 g/mol. The molecule has 0 aliphatic heterocycles. The van der Waals surface area contributed by atoms with Gasteiger partial charge in [0.25, 0.3) is 5.91 Å². The Balaban J connectivity index is 2.86. The van der Waals surface area contributed by atoms with E-state index >= 15 is 0 Å². The molecule has 1 amide bonds. The molecule has 0 saturated carbocycles. The SMILES string of the molecule is CC[C@@H](C)NC(=O)/C(C#N)=C/c1ccc(Br)cc1. The molecule has 1 N–H and O–H groups in total. The van der Waals surface area contributed by atoms with Gasteiger partial charge in [0.05, 0.1) is 0 Å². The zero-order chi connectivity index (χ0) is 13.5. The largest absolute Gasteiger partial charge is 0.349 e. The Bertz CT molecular complexity index is 486. The summed E-state index contributed by atoms with van der Waals surface area (Å²) in [4.78, 5) is 11.8. The predicted octanol–water partition coefficient (Wildman–Crippen LogP) is 3.27. The highest BCUT2D eigenvalue weighted by atomic mass is 79.9. The van der Waals surface area contributed by atoms with E-state index in [0.717, 1.165) is 16.5 Å². The van der Waals surface area contributed by atoms with Crippen LogP contribution in [-0.4, -0.2) is 11.9 Å². The highest BCUT2D eigenvalue weighted by Crippen LogP contribution is 2.13. The fourth-order valence-corrected chi connectivity index (χ4v) is 1.54. The first-order valence-electron chi connectivity index (χ1n) is 5.75. The van der Waals surface area contributed by atoms with Crippen molar-refractivity contribution in [2.45, 2.75) is 26.3 Å². The first-order chi connectivity index (χ1) is 8.56. The molecule has 0 saturated heterocycles. The molecule has 0 unspecified atom stereocenters. The van der Waals surface area contributed by atoms with Gasteiger partial charge in [0.15, 0.2) is 0 Å². The van der Waals surface area contributed by atoms with Crippen LogP contribution in [0.5, 0.6) is 0 Å². The van der Waals surface area contributed by atoms with Gasteiger partial charge in [0, 0.05) is 10.5 Å². The molecule has 0 radical (unpaired) electrons. The van der Waals surface area contributed by atoms with Crippen molar-refractivity contribution >= 4 is 27.9 Å². The quantitative estimate of drug-likeness (QED) is 0.685. The Morgan fingerprint density at radius 3 is 2.61 bits per heavy atom. The van der Waals surface area contributed by atoms with Crippen LogP contribution in [0, 0.1) is 11.3 Å². The van der Waals surface area contributed by atoms with Crippen LogP contribution in [0.4, 0.5) is 0 Å². The summed E-state index contributed by atoms with van der Waals surface area (Å²) in [6.07, 6.45) is 2.42. The summed E-state index contributed by atoms with van der Waals surface area (Å²) in [6, 6.07) is 9.43. The molecular formula is C14H15BrN2O. The van der Waals surface area contributed by atoms with Gasteiger partial charge in [-0.1, -0.05) is 35.0 Å². The third-order valence-corrected chi connectivity index (χ3v) is 3.06. The number of amides is 1. The van der Waals surface area contributed by atoms with Crippen LogP contribution >= 0.6 is 15.9 Å². The molecule has 0 aliphatic carbocycles. The third kappa shape index (κ3) is 4.34. The number of nitrogens with zero attached hydrogens (tertiary/aromatic N) is 1. The number of halogens is 1. The average Bonchev–Trinajstić information content (AvgIpc) is 2.37. The van der Waals surface area contributed by atoms with E-state index in [9.17, 15) is 4.79 Å². The van der Waals surface area contributed by atoms with Gasteiger partial charge < -0.3 is 5.32 Å². The standard InChI is InChI=1S/C14H15BrN2O/c1-3-10(2)17-14(18)12(9-16)8-11-4-6-13(15)7-5-11/h4-8,10H,3H2,1-2H3,(H,17,18)/b12-8+/t10-/m1/s1. The zero-order valence-corrected chi connectivity index (χ0v) is 12.0. The predicted molar refractivity (Wildman–Crippen MR) is 75.6 cm³/mol. The number of rotatable bonds is 4. The molecule has 0 spiro atoms. The molecule has 0 fully saturated rings. The van der Waals surface area contributed by atoms with E-state index in [1.807, 2.05) is 44.2 Å². The van der Waals surface area contributed by atoms with Crippen molar-refractivity contribution in [3.8, 4) is 6.07 Å². The van der Waals surface area contributed by atoms with Gasteiger partial charge in [-0.25, -0.2) is 0 Å². The van der Waals surface area contributed by atoms with Crippen LogP contribution in [0.15, 0.2) is 34.3 Å². The van der Waals surface area contributed by atoms with E-state index in [-0.39, 0.29) is 17.5 Å². The Morgan fingerprint density at radius 1 is 1.50 bits per heavy atom. The third-order valence-electron chi connectivity index (χ3n) is 2.54. The van der Waals surface area contributed by atoms with Gasteiger partial charge in [0.1, 0.15) is 11.6 Å². The molecule has 1 atom stereocenters. The molecule has 1 aromatic carbocycles. The van der Waals surface area contributed by atoms with E-state index in [1.54, 1.807) is 6.08 Å². The maximum atomic E-state index is 11.8. The van der Waals surface area contributed by atoms with Gasteiger partial charge in [-0.3, -0.25) is 4.79 Å². The number of nitrogens with one attached hydrogen (secondary N) is 1. The van der Waals surface area contributed by atoms with Gasteiger partial charge in [-0.05, 0) is 37.1 Å². The second kappa shape index (κ2) is 6.97. The molecular weight excluding hydrogens is 292 g/mol. The smallest absolute Gasteiger partial charge is 0.262 e. The van der Waals surface area contributed by atoms with Gasteiger partial charge >= 0.3 is 0 Å². The number of hydrogen-bond donors (Lipinski definition) is 1. The van der Waals surface area contributed by atoms with Crippen LogP contribution in [0.3, 0.4) is 0 Å². The fraction of sp³-hybridized carbons (Fsp3) is 0.286. The lowest BCUT2D eigenvalue weighted by Gasteiger charge is -2.10. The number of nitriles is 1. The minimum absolute atomic E-state index is 0.0687. The second-order valence-electron chi connectivity index (χ2n) is 4.00.